The standard InChI is InChI=1S/C63H102O5/c1-4-7-10-13-16-19-22-25-28-30-31-32-34-37-40-43-46-49-52-55-58-66-59-61(68-63(65)57-54-51-48-45-42-39-35-27-24-21-18-15-12-9-6-3)60-67-62(64)56-53-50-47-44-41-38-36-33-29-26-23-20-17-14-11-8-5-2/h7,9-10,12,16-21,25-29,31-32,35,42,45,51,54,61H,4-6,8,11,13-15,22-24,30,33-34,36-41,43-44,46-50,52-53,55-60H2,1-3H3/b10-7-,12-9-,19-16-,20-17-,21-18-,28-25-,29-26-,32-31-,35-27-,45-42-,54-51-. The third kappa shape index (κ3) is 54.6. The quantitative estimate of drug-likeness (QED) is 0.0345. The van der Waals surface area contributed by atoms with Gasteiger partial charge < -0.3 is 14.2 Å². The summed E-state index contributed by atoms with van der Waals surface area (Å²) in [6.07, 6.45) is 82.1. The number of rotatable bonds is 49. The van der Waals surface area contributed by atoms with Crippen LogP contribution >= 0.6 is 0 Å². The van der Waals surface area contributed by atoms with Crippen molar-refractivity contribution in [1.82, 2.24) is 0 Å². The average molecular weight is 940 g/mol. The van der Waals surface area contributed by atoms with Crippen molar-refractivity contribution in [3.8, 4) is 0 Å². The number of hydrogen-bond donors (Lipinski definition) is 0. The van der Waals surface area contributed by atoms with Crippen LogP contribution in [0.2, 0.25) is 0 Å². The van der Waals surface area contributed by atoms with Crippen molar-refractivity contribution in [2.75, 3.05) is 19.8 Å². The zero-order valence-corrected chi connectivity index (χ0v) is 44.1. The van der Waals surface area contributed by atoms with Crippen LogP contribution in [0.15, 0.2) is 134 Å². The SMILES string of the molecule is CC/C=C\C/C=C\C/C=C\C/C=C\C/C=C\CC(=O)OC(COCCCCCCCCC/C=C\C/C=C\C/C=C\C/C=C\CC)COC(=O)CCCCCCCCC/C=C\C/C=C\CCCCC. The largest absolute Gasteiger partial charge is 0.462 e. The zero-order chi connectivity index (χ0) is 49.2. The van der Waals surface area contributed by atoms with Gasteiger partial charge in [-0.2, -0.15) is 0 Å². The van der Waals surface area contributed by atoms with Crippen LogP contribution in [0.5, 0.6) is 0 Å². The molecule has 0 saturated heterocycles. The molecule has 68 heavy (non-hydrogen) atoms. The molecule has 0 radical (unpaired) electrons. The fraction of sp³-hybridized carbons (Fsp3) is 0.619. The molecule has 0 fully saturated rings. The van der Waals surface area contributed by atoms with Gasteiger partial charge in [0.15, 0.2) is 6.10 Å². The molecule has 0 aromatic carbocycles. The minimum atomic E-state index is -0.610. The highest BCUT2D eigenvalue weighted by Crippen LogP contribution is 2.13. The van der Waals surface area contributed by atoms with E-state index in [1.54, 1.807) is 0 Å². The van der Waals surface area contributed by atoms with Crippen molar-refractivity contribution in [2.24, 2.45) is 0 Å². The number of carbonyl (C=O) groups is 2. The summed E-state index contributed by atoms with van der Waals surface area (Å²) in [5.74, 6) is -0.565. The fourth-order valence-corrected chi connectivity index (χ4v) is 7.14. The van der Waals surface area contributed by atoms with Gasteiger partial charge in [0.05, 0.1) is 13.0 Å². The molecule has 5 heteroatoms. The maximum atomic E-state index is 12.8. The normalized spacial score (nSPS) is 13.3. The van der Waals surface area contributed by atoms with Crippen LogP contribution in [0.4, 0.5) is 0 Å². The van der Waals surface area contributed by atoms with E-state index in [0.29, 0.717) is 13.0 Å². The molecule has 0 N–H and O–H groups in total. The molecule has 0 rings (SSSR count). The van der Waals surface area contributed by atoms with Crippen molar-refractivity contribution in [2.45, 2.75) is 232 Å². The van der Waals surface area contributed by atoms with E-state index < -0.39 is 6.10 Å². The molecule has 0 saturated carbocycles. The predicted molar refractivity (Wildman–Crippen MR) is 297 cm³/mol. The predicted octanol–water partition coefficient (Wildman–Crippen LogP) is 19.1. The van der Waals surface area contributed by atoms with Gasteiger partial charge in [0.25, 0.3) is 0 Å². The van der Waals surface area contributed by atoms with Gasteiger partial charge in [-0.05, 0) is 116 Å². The van der Waals surface area contributed by atoms with Crippen molar-refractivity contribution >= 4 is 11.9 Å². The number of allylic oxidation sites excluding steroid dienone is 21. The lowest BCUT2D eigenvalue weighted by Gasteiger charge is -2.18. The molecular weight excluding hydrogens is 837 g/mol. The molecule has 1 atom stereocenters. The summed E-state index contributed by atoms with van der Waals surface area (Å²) in [7, 11) is 0. The summed E-state index contributed by atoms with van der Waals surface area (Å²) in [5.41, 5.74) is 0. The van der Waals surface area contributed by atoms with Crippen LogP contribution in [0, 0.1) is 0 Å². The Bertz CT molecular complexity index is 1430. The first kappa shape index (κ1) is 64.0. The van der Waals surface area contributed by atoms with E-state index in [1.807, 2.05) is 12.2 Å². The minimum absolute atomic E-state index is 0.0286. The highest BCUT2D eigenvalue weighted by Gasteiger charge is 2.17. The Kier molecular flexibility index (Phi) is 54.0. The van der Waals surface area contributed by atoms with Gasteiger partial charge in [-0.3, -0.25) is 9.59 Å². The summed E-state index contributed by atoms with van der Waals surface area (Å²) in [5, 5.41) is 0. The zero-order valence-electron chi connectivity index (χ0n) is 44.1. The fourth-order valence-electron chi connectivity index (χ4n) is 7.14. The lowest BCUT2D eigenvalue weighted by molar-refractivity contribution is -0.162. The van der Waals surface area contributed by atoms with Crippen molar-refractivity contribution in [3.05, 3.63) is 134 Å². The van der Waals surface area contributed by atoms with Gasteiger partial charge in [-0.25, -0.2) is 0 Å². The molecule has 0 aliphatic heterocycles. The molecule has 0 amide bonds. The summed E-state index contributed by atoms with van der Waals surface area (Å²) in [6.45, 7) is 7.43. The van der Waals surface area contributed by atoms with E-state index in [2.05, 4.69) is 142 Å². The molecule has 5 nitrogen and oxygen atoms in total. The number of carbonyl (C=O) groups excluding carboxylic acids is 2. The maximum absolute atomic E-state index is 12.8. The molecule has 0 bridgehead atoms. The van der Waals surface area contributed by atoms with Crippen LogP contribution in [0.3, 0.4) is 0 Å². The van der Waals surface area contributed by atoms with Crippen molar-refractivity contribution in [3.63, 3.8) is 0 Å². The van der Waals surface area contributed by atoms with Crippen LogP contribution in [0.25, 0.3) is 0 Å². The summed E-state index contributed by atoms with van der Waals surface area (Å²) in [6, 6.07) is 0. The number of esters is 2. The average Bonchev–Trinajstić information content (AvgIpc) is 3.34. The smallest absolute Gasteiger partial charge is 0.310 e. The van der Waals surface area contributed by atoms with Crippen molar-refractivity contribution in [1.29, 1.82) is 0 Å². The van der Waals surface area contributed by atoms with E-state index in [0.717, 1.165) is 109 Å². The molecule has 1 unspecified atom stereocenters. The minimum Gasteiger partial charge on any atom is -0.462 e. The molecule has 0 aliphatic rings. The summed E-state index contributed by atoms with van der Waals surface area (Å²) < 4.78 is 17.3. The Morgan fingerprint density at radius 1 is 0.353 bits per heavy atom. The van der Waals surface area contributed by atoms with E-state index in [1.165, 1.54) is 83.5 Å². The summed E-state index contributed by atoms with van der Waals surface area (Å²) in [4.78, 5) is 25.4. The monoisotopic (exact) mass is 939 g/mol. The van der Waals surface area contributed by atoms with Gasteiger partial charge >= 0.3 is 11.9 Å². The van der Waals surface area contributed by atoms with Crippen LogP contribution in [-0.2, 0) is 23.8 Å². The first-order valence-corrected chi connectivity index (χ1v) is 27.7. The highest BCUT2D eigenvalue weighted by molar-refractivity contribution is 5.71. The third-order valence-corrected chi connectivity index (χ3v) is 11.2. The Hall–Kier alpha value is -3.96. The molecular formula is C63H102O5. The summed E-state index contributed by atoms with van der Waals surface area (Å²) >= 11 is 0. The lowest BCUT2D eigenvalue weighted by Crippen LogP contribution is -2.29. The second kappa shape index (κ2) is 57.4. The van der Waals surface area contributed by atoms with E-state index >= 15 is 0 Å². The van der Waals surface area contributed by atoms with Gasteiger partial charge in [-0.1, -0.05) is 231 Å². The number of unbranched alkanes of at least 4 members (excludes halogenated alkanes) is 17. The molecule has 384 valence electrons. The van der Waals surface area contributed by atoms with Gasteiger partial charge in [0, 0.05) is 13.0 Å². The van der Waals surface area contributed by atoms with Crippen LogP contribution in [0.1, 0.15) is 226 Å². The first-order valence-electron chi connectivity index (χ1n) is 27.7. The lowest BCUT2D eigenvalue weighted by atomic mass is 10.1. The highest BCUT2D eigenvalue weighted by atomic mass is 16.6. The topological polar surface area (TPSA) is 61.8 Å². The molecule has 0 spiro atoms. The number of ether oxygens (including phenoxy) is 3. The van der Waals surface area contributed by atoms with E-state index in [-0.39, 0.29) is 31.6 Å². The van der Waals surface area contributed by atoms with Gasteiger partial charge in [-0.15, -0.1) is 0 Å². The van der Waals surface area contributed by atoms with Gasteiger partial charge in [0.1, 0.15) is 6.61 Å². The van der Waals surface area contributed by atoms with Crippen LogP contribution in [-0.4, -0.2) is 37.9 Å². The Balaban J connectivity index is 4.43. The number of hydrogen-bond acceptors (Lipinski definition) is 5. The Morgan fingerprint density at radius 2 is 0.706 bits per heavy atom. The van der Waals surface area contributed by atoms with E-state index in [9.17, 15) is 9.59 Å². The first-order chi connectivity index (χ1) is 33.6. The third-order valence-electron chi connectivity index (χ3n) is 11.2. The second-order valence-electron chi connectivity index (χ2n) is 17.7. The maximum Gasteiger partial charge on any atom is 0.310 e. The Morgan fingerprint density at radius 3 is 1.13 bits per heavy atom. The van der Waals surface area contributed by atoms with Gasteiger partial charge in [0.2, 0.25) is 0 Å². The molecule has 0 aromatic rings. The Labute approximate surface area is 419 Å². The molecule has 0 aliphatic carbocycles. The molecule has 0 heterocycles. The van der Waals surface area contributed by atoms with Crippen molar-refractivity contribution < 1.29 is 23.8 Å². The molecule has 0 aromatic heterocycles. The van der Waals surface area contributed by atoms with Crippen LogP contribution < -0.4 is 0 Å². The van der Waals surface area contributed by atoms with E-state index in [4.69, 9.17) is 14.2 Å². The second-order valence-corrected chi connectivity index (χ2v) is 17.7.